The topological polar surface area (TPSA) is 84.0 Å². The molecule has 104 valence electrons. The Hall–Kier alpha value is -2.63. The maximum absolute atomic E-state index is 11.9. The lowest BCUT2D eigenvalue weighted by atomic mass is 10.1. The second-order valence-electron chi connectivity index (χ2n) is 4.44. The van der Waals surface area contributed by atoms with Crippen molar-refractivity contribution in [1.29, 1.82) is 0 Å². The van der Waals surface area contributed by atoms with Gasteiger partial charge in [0.1, 0.15) is 6.54 Å². The molecule has 0 saturated heterocycles. The van der Waals surface area contributed by atoms with Gasteiger partial charge in [-0.15, -0.1) is 0 Å². The van der Waals surface area contributed by atoms with Crippen molar-refractivity contribution in [3.05, 3.63) is 69.0 Å². The van der Waals surface area contributed by atoms with Crippen LogP contribution >= 0.6 is 0 Å². The minimum Gasteiger partial charge on any atom is -0.348 e. The number of carbonyl (C=O) groups is 1. The number of benzene rings is 1. The van der Waals surface area contributed by atoms with Crippen LogP contribution in [0.4, 0.5) is 0 Å². The SMILES string of the molecule is CC(NC(=O)Cn1ccc(=O)[nH]c1=O)c1ccccc1. The molecular weight excluding hydrogens is 258 g/mol. The number of rotatable bonds is 4. The number of aromatic amines is 1. The summed E-state index contributed by atoms with van der Waals surface area (Å²) in [5.41, 5.74) is -0.0982. The number of H-pyrrole nitrogens is 1. The molecule has 0 radical (unpaired) electrons. The van der Waals surface area contributed by atoms with Crippen LogP contribution in [0.15, 0.2) is 52.2 Å². The third-order valence-corrected chi connectivity index (χ3v) is 2.89. The van der Waals surface area contributed by atoms with Crippen molar-refractivity contribution in [2.24, 2.45) is 0 Å². The summed E-state index contributed by atoms with van der Waals surface area (Å²) in [5.74, 6) is -0.296. The van der Waals surface area contributed by atoms with Crippen LogP contribution in [0.25, 0.3) is 0 Å². The van der Waals surface area contributed by atoms with Gasteiger partial charge in [0.25, 0.3) is 5.56 Å². The predicted molar refractivity (Wildman–Crippen MR) is 74.3 cm³/mol. The van der Waals surface area contributed by atoms with E-state index in [1.165, 1.54) is 12.3 Å². The van der Waals surface area contributed by atoms with Crippen molar-refractivity contribution in [3.63, 3.8) is 0 Å². The quantitative estimate of drug-likeness (QED) is 0.846. The molecule has 0 aliphatic carbocycles. The van der Waals surface area contributed by atoms with E-state index in [9.17, 15) is 14.4 Å². The molecule has 1 heterocycles. The monoisotopic (exact) mass is 273 g/mol. The van der Waals surface area contributed by atoms with Gasteiger partial charge in [-0.05, 0) is 12.5 Å². The Morgan fingerprint density at radius 1 is 1.25 bits per heavy atom. The van der Waals surface area contributed by atoms with Gasteiger partial charge >= 0.3 is 5.69 Å². The molecule has 1 aromatic heterocycles. The van der Waals surface area contributed by atoms with E-state index < -0.39 is 11.2 Å². The minimum absolute atomic E-state index is 0.132. The van der Waals surface area contributed by atoms with Crippen LogP contribution in [-0.4, -0.2) is 15.5 Å². The van der Waals surface area contributed by atoms with Gasteiger partial charge in [-0.2, -0.15) is 0 Å². The van der Waals surface area contributed by atoms with Gasteiger partial charge in [-0.1, -0.05) is 30.3 Å². The molecule has 20 heavy (non-hydrogen) atoms. The molecule has 2 N–H and O–H groups in total. The summed E-state index contributed by atoms with van der Waals surface area (Å²) in [6, 6.07) is 10.6. The number of hydrogen-bond acceptors (Lipinski definition) is 3. The van der Waals surface area contributed by atoms with E-state index in [0.717, 1.165) is 10.1 Å². The van der Waals surface area contributed by atoms with Gasteiger partial charge in [0.05, 0.1) is 6.04 Å². The first-order valence-corrected chi connectivity index (χ1v) is 6.20. The first kappa shape index (κ1) is 13.8. The molecule has 1 unspecified atom stereocenters. The fourth-order valence-electron chi connectivity index (χ4n) is 1.84. The van der Waals surface area contributed by atoms with Crippen LogP contribution in [-0.2, 0) is 11.3 Å². The van der Waals surface area contributed by atoms with Crippen molar-refractivity contribution in [2.45, 2.75) is 19.5 Å². The van der Waals surface area contributed by atoms with Gasteiger partial charge in [0, 0.05) is 12.3 Å². The Balaban J connectivity index is 2.02. The Labute approximate surface area is 115 Å². The third-order valence-electron chi connectivity index (χ3n) is 2.89. The molecule has 6 nitrogen and oxygen atoms in total. The fourth-order valence-corrected chi connectivity index (χ4v) is 1.84. The summed E-state index contributed by atoms with van der Waals surface area (Å²) in [7, 11) is 0. The molecule has 0 saturated carbocycles. The maximum Gasteiger partial charge on any atom is 0.328 e. The lowest BCUT2D eigenvalue weighted by Crippen LogP contribution is -2.36. The van der Waals surface area contributed by atoms with Crippen LogP contribution in [0.2, 0.25) is 0 Å². The molecular formula is C14H15N3O3. The number of carbonyl (C=O) groups excluding carboxylic acids is 1. The number of hydrogen-bond donors (Lipinski definition) is 2. The summed E-state index contributed by atoms with van der Waals surface area (Å²) in [5, 5.41) is 2.80. The van der Waals surface area contributed by atoms with E-state index in [-0.39, 0.29) is 18.5 Å². The lowest BCUT2D eigenvalue weighted by Gasteiger charge is -2.14. The molecule has 1 aromatic carbocycles. The molecule has 0 aliphatic rings. The molecule has 1 atom stereocenters. The highest BCUT2D eigenvalue weighted by molar-refractivity contribution is 5.76. The largest absolute Gasteiger partial charge is 0.348 e. The Morgan fingerprint density at radius 2 is 1.95 bits per heavy atom. The highest BCUT2D eigenvalue weighted by Crippen LogP contribution is 2.10. The van der Waals surface area contributed by atoms with E-state index in [0.29, 0.717) is 0 Å². The molecule has 0 aliphatic heterocycles. The maximum atomic E-state index is 11.9. The molecule has 0 bridgehead atoms. The van der Waals surface area contributed by atoms with Gasteiger partial charge in [-0.25, -0.2) is 4.79 Å². The number of aromatic nitrogens is 2. The van der Waals surface area contributed by atoms with E-state index in [1.54, 1.807) is 0 Å². The van der Waals surface area contributed by atoms with E-state index in [4.69, 9.17) is 0 Å². The predicted octanol–water partition coefficient (Wildman–Crippen LogP) is 0.414. The highest BCUT2D eigenvalue weighted by Gasteiger charge is 2.10. The molecule has 0 fully saturated rings. The molecule has 0 spiro atoms. The van der Waals surface area contributed by atoms with Gasteiger partial charge in [0.15, 0.2) is 0 Å². The standard InChI is InChI=1S/C14H15N3O3/c1-10(11-5-3-2-4-6-11)15-13(19)9-17-8-7-12(18)16-14(17)20/h2-8,10H,9H2,1H3,(H,15,19)(H,16,18,20). The van der Waals surface area contributed by atoms with Crippen LogP contribution < -0.4 is 16.6 Å². The fraction of sp³-hybridized carbons (Fsp3) is 0.214. The summed E-state index contributed by atoms with van der Waals surface area (Å²) < 4.78 is 1.15. The highest BCUT2D eigenvalue weighted by atomic mass is 16.2. The minimum atomic E-state index is -0.597. The lowest BCUT2D eigenvalue weighted by molar-refractivity contribution is -0.122. The van der Waals surface area contributed by atoms with E-state index in [2.05, 4.69) is 10.3 Å². The smallest absolute Gasteiger partial charge is 0.328 e. The van der Waals surface area contributed by atoms with E-state index >= 15 is 0 Å². The van der Waals surface area contributed by atoms with Gasteiger partial charge in [0.2, 0.25) is 5.91 Å². The van der Waals surface area contributed by atoms with Crippen molar-refractivity contribution < 1.29 is 4.79 Å². The summed E-state index contributed by atoms with van der Waals surface area (Å²) >= 11 is 0. The van der Waals surface area contributed by atoms with Crippen LogP contribution in [0.3, 0.4) is 0 Å². The zero-order valence-corrected chi connectivity index (χ0v) is 11.0. The Bertz CT molecular complexity index is 703. The second-order valence-corrected chi connectivity index (χ2v) is 4.44. The average Bonchev–Trinajstić information content (AvgIpc) is 2.43. The zero-order valence-electron chi connectivity index (χ0n) is 11.0. The Morgan fingerprint density at radius 3 is 2.60 bits per heavy atom. The van der Waals surface area contributed by atoms with E-state index in [1.807, 2.05) is 37.3 Å². The van der Waals surface area contributed by atoms with Crippen molar-refractivity contribution in [3.8, 4) is 0 Å². The van der Waals surface area contributed by atoms with Crippen LogP contribution in [0, 0.1) is 0 Å². The summed E-state index contributed by atoms with van der Waals surface area (Å²) in [4.78, 5) is 36.4. The number of nitrogens with one attached hydrogen (secondary N) is 2. The van der Waals surface area contributed by atoms with Gasteiger partial charge in [-0.3, -0.25) is 19.1 Å². The number of nitrogens with zero attached hydrogens (tertiary/aromatic N) is 1. The van der Waals surface area contributed by atoms with Gasteiger partial charge < -0.3 is 5.32 Å². The van der Waals surface area contributed by atoms with Crippen molar-refractivity contribution in [2.75, 3.05) is 0 Å². The number of amides is 1. The summed E-state index contributed by atoms with van der Waals surface area (Å²) in [6.07, 6.45) is 1.30. The average molecular weight is 273 g/mol. The molecule has 6 heteroatoms. The first-order valence-electron chi connectivity index (χ1n) is 6.20. The zero-order chi connectivity index (χ0) is 14.5. The third kappa shape index (κ3) is 3.44. The normalized spacial score (nSPS) is 11.8. The first-order chi connectivity index (χ1) is 9.56. The Kier molecular flexibility index (Phi) is 4.14. The van der Waals surface area contributed by atoms with Crippen molar-refractivity contribution in [1.82, 2.24) is 14.9 Å². The second kappa shape index (κ2) is 6.01. The van der Waals surface area contributed by atoms with Crippen LogP contribution in [0.5, 0.6) is 0 Å². The molecule has 2 rings (SSSR count). The molecule has 1 amide bonds. The van der Waals surface area contributed by atoms with Crippen LogP contribution in [0.1, 0.15) is 18.5 Å². The summed E-state index contributed by atoms with van der Waals surface area (Å²) in [6.45, 7) is 1.73. The molecule has 2 aromatic rings. The van der Waals surface area contributed by atoms with Crippen molar-refractivity contribution >= 4 is 5.91 Å².